The molecule has 0 unspecified atom stereocenters. The molecule has 6 heteroatoms. The van der Waals surface area contributed by atoms with Crippen LogP contribution in [0.4, 0.5) is 13.2 Å². The molecule has 0 aromatic carbocycles. The summed E-state index contributed by atoms with van der Waals surface area (Å²) in [5.74, 6) is -2.13. The fraction of sp³-hybridized carbons (Fsp3) is 0.900. The second kappa shape index (κ2) is 9.69. The van der Waals surface area contributed by atoms with E-state index in [1.807, 2.05) is 0 Å². The molecule has 0 fully saturated rings. The first kappa shape index (κ1) is 17.9. The van der Waals surface area contributed by atoms with Crippen LogP contribution in [0.15, 0.2) is 0 Å². The molecule has 0 atom stereocenters. The Kier molecular flexibility index (Phi) is 10.8. The number of halogens is 3. The first-order valence-electron chi connectivity index (χ1n) is 5.28. The second-order valence-electron chi connectivity index (χ2n) is 3.53. The quantitative estimate of drug-likeness (QED) is 0.567. The van der Waals surface area contributed by atoms with Crippen molar-refractivity contribution in [2.24, 2.45) is 0 Å². The molecule has 0 aliphatic heterocycles. The Morgan fingerprint density at radius 3 is 1.88 bits per heavy atom. The van der Waals surface area contributed by atoms with Gasteiger partial charge in [0.1, 0.15) is 0 Å². The highest BCUT2D eigenvalue weighted by molar-refractivity contribution is 6.55. The van der Waals surface area contributed by atoms with Crippen LogP contribution >= 0.6 is 0 Å². The highest BCUT2D eigenvalue weighted by atomic mass is 28.3. The van der Waals surface area contributed by atoms with Gasteiger partial charge in [-0.05, 0) is 6.92 Å². The van der Waals surface area contributed by atoms with E-state index in [0.29, 0.717) is 0 Å². The Hall–Kier alpha value is -0.523. The Balaban J connectivity index is 0. The molecule has 0 saturated heterocycles. The summed E-state index contributed by atoms with van der Waals surface area (Å²) in [5.41, 5.74) is 0. The Labute approximate surface area is 96.8 Å². The van der Waals surface area contributed by atoms with Crippen molar-refractivity contribution in [2.75, 3.05) is 6.61 Å². The number of alkyl halides is 3. The van der Waals surface area contributed by atoms with Crippen molar-refractivity contribution in [3.05, 3.63) is 0 Å². The highest BCUT2D eigenvalue weighted by Gasteiger charge is 2.40. The van der Waals surface area contributed by atoms with Crippen LogP contribution in [0, 0.1) is 0 Å². The summed E-state index contributed by atoms with van der Waals surface area (Å²) in [5, 5.41) is 0. The zero-order chi connectivity index (χ0) is 13.2. The largest absolute Gasteiger partial charge is 0.490 e. The van der Waals surface area contributed by atoms with Gasteiger partial charge in [-0.2, -0.15) is 13.2 Å². The van der Waals surface area contributed by atoms with Gasteiger partial charge in [-0.15, -0.1) is 0 Å². The number of hydrogen-bond donors (Lipinski definition) is 0. The third-order valence-corrected chi connectivity index (χ3v) is 2.89. The van der Waals surface area contributed by atoms with Crippen molar-refractivity contribution in [3.63, 3.8) is 0 Å². The van der Waals surface area contributed by atoms with Gasteiger partial charge >= 0.3 is 12.1 Å². The normalized spacial score (nSPS) is 10.8. The van der Waals surface area contributed by atoms with E-state index in [4.69, 9.17) is 0 Å². The molecule has 0 heterocycles. The van der Waals surface area contributed by atoms with Crippen LogP contribution in [-0.4, -0.2) is 27.5 Å². The molecule has 2 nitrogen and oxygen atoms in total. The smallest absolute Gasteiger partial charge is 0.459 e. The van der Waals surface area contributed by atoms with E-state index in [1.165, 1.54) is 25.8 Å². The number of esters is 1. The maximum atomic E-state index is 11.2. The average molecular weight is 257 g/mol. The summed E-state index contributed by atoms with van der Waals surface area (Å²) in [6.07, 6.45) is -2.03. The molecule has 0 amide bonds. The van der Waals surface area contributed by atoms with Gasteiger partial charge in [0, 0.05) is 8.80 Å². The van der Waals surface area contributed by atoms with Crippen molar-refractivity contribution < 1.29 is 22.7 Å². The summed E-state index contributed by atoms with van der Waals surface area (Å²) in [4.78, 5) is 9.72. The number of carbonyl (C=O) groups is 1. The Bertz CT molecular complexity index is 181. The minimum Gasteiger partial charge on any atom is -0.459 e. The molecular formula is C10H20F3O2Si. The van der Waals surface area contributed by atoms with Crippen LogP contribution in [0.3, 0.4) is 0 Å². The monoisotopic (exact) mass is 257 g/mol. The molecule has 97 valence electrons. The maximum Gasteiger partial charge on any atom is 0.490 e. The summed E-state index contributed by atoms with van der Waals surface area (Å²) in [7, 11) is 0.103. The number of unbranched alkanes of at least 4 members (excludes halogenated alkanes) is 1. The van der Waals surface area contributed by atoms with Gasteiger partial charge in [0.15, 0.2) is 0 Å². The van der Waals surface area contributed by atoms with Gasteiger partial charge in [-0.25, -0.2) is 4.79 Å². The zero-order valence-corrected chi connectivity index (χ0v) is 11.3. The maximum absolute atomic E-state index is 11.2. The minimum atomic E-state index is -4.85. The molecule has 0 spiro atoms. The molecule has 1 radical (unpaired) electrons. The lowest BCUT2D eigenvalue weighted by Crippen LogP contribution is -2.25. The van der Waals surface area contributed by atoms with Gasteiger partial charge in [0.05, 0.1) is 6.61 Å². The lowest BCUT2D eigenvalue weighted by atomic mass is 10.4. The molecule has 0 aliphatic carbocycles. The van der Waals surface area contributed by atoms with E-state index in [1.54, 1.807) is 0 Å². The van der Waals surface area contributed by atoms with E-state index in [0.717, 1.165) is 0 Å². The zero-order valence-electron chi connectivity index (χ0n) is 10.3. The Morgan fingerprint density at radius 2 is 1.75 bits per heavy atom. The fourth-order valence-electron chi connectivity index (χ4n) is 0.743. The van der Waals surface area contributed by atoms with Crippen molar-refractivity contribution in [2.45, 2.75) is 52.0 Å². The van der Waals surface area contributed by atoms with Gasteiger partial charge in [-0.1, -0.05) is 38.9 Å². The van der Waals surface area contributed by atoms with Crippen LogP contribution in [-0.2, 0) is 9.53 Å². The number of carbonyl (C=O) groups excluding carboxylic acids is 1. The van der Waals surface area contributed by atoms with Crippen molar-refractivity contribution in [1.29, 1.82) is 0 Å². The third kappa shape index (κ3) is 13.5. The lowest BCUT2D eigenvalue weighted by Gasteiger charge is -2.02. The Morgan fingerprint density at radius 1 is 1.25 bits per heavy atom. The average Bonchev–Trinajstić information content (AvgIpc) is 2.14. The van der Waals surface area contributed by atoms with Crippen molar-refractivity contribution >= 4 is 14.8 Å². The van der Waals surface area contributed by atoms with Crippen LogP contribution < -0.4 is 0 Å². The highest BCUT2D eigenvalue weighted by Crippen LogP contribution is 2.15. The summed E-state index contributed by atoms with van der Waals surface area (Å²) in [6, 6.07) is 1.50. The standard InChI is InChI=1S/C6H15Si.C4H5F3O2/c1-4-5-6-7(2)3;1-2-9-3(8)4(5,6)7/h4-6H2,1-3H3;2H2,1H3. The number of rotatable bonds is 4. The van der Waals surface area contributed by atoms with E-state index in [2.05, 4.69) is 24.8 Å². The molecule has 0 aromatic heterocycles. The molecule has 0 bridgehead atoms. The van der Waals surface area contributed by atoms with Crippen LogP contribution in [0.5, 0.6) is 0 Å². The molecular weight excluding hydrogens is 237 g/mol. The van der Waals surface area contributed by atoms with Crippen LogP contribution in [0.25, 0.3) is 0 Å². The SMILES string of the molecule is CCCC[Si](C)C.CCOC(=O)C(F)(F)F. The van der Waals surface area contributed by atoms with Crippen molar-refractivity contribution in [3.8, 4) is 0 Å². The van der Waals surface area contributed by atoms with E-state index in [9.17, 15) is 18.0 Å². The molecule has 0 rings (SSSR count). The topological polar surface area (TPSA) is 26.3 Å². The van der Waals surface area contributed by atoms with Crippen LogP contribution in [0.2, 0.25) is 19.1 Å². The summed E-state index contributed by atoms with van der Waals surface area (Å²) < 4.78 is 37.1. The third-order valence-electron chi connectivity index (χ3n) is 1.54. The number of ether oxygens (including phenoxy) is 1. The molecule has 16 heavy (non-hydrogen) atoms. The van der Waals surface area contributed by atoms with Crippen molar-refractivity contribution in [1.82, 2.24) is 0 Å². The first-order chi connectivity index (χ1) is 7.25. The van der Waals surface area contributed by atoms with Gasteiger partial charge in [0.25, 0.3) is 0 Å². The van der Waals surface area contributed by atoms with Gasteiger partial charge in [0.2, 0.25) is 0 Å². The fourth-order valence-corrected chi connectivity index (χ4v) is 1.80. The van der Waals surface area contributed by atoms with Crippen LogP contribution in [0.1, 0.15) is 26.7 Å². The molecule has 0 N–H and O–H groups in total. The predicted octanol–water partition coefficient (Wildman–Crippen LogP) is 3.65. The predicted molar refractivity (Wildman–Crippen MR) is 59.9 cm³/mol. The summed E-state index contributed by atoms with van der Waals surface area (Å²) >= 11 is 0. The van der Waals surface area contributed by atoms with E-state index >= 15 is 0 Å². The van der Waals surface area contributed by atoms with E-state index in [-0.39, 0.29) is 15.4 Å². The molecule has 0 aliphatic rings. The number of hydrogen-bond acceptors (Lipinski definition) is 2. The second-order valence-corrected chi connectivity index (χ2v) is 6.44. The van der Waals surface area contributed by atoms with Gasteiger partial charge in [-0.3, -0.25) is 0 Å². The summed E-state index contributed by atoms with van der Waals surface area (Å²) in [6.45, 7) is 8.06. The molecule has 0 aromatic rings. The van der Waals surface area contributed by atoms with Gasteiger partial charge < -0.3 is 4.74 Å². The van der Waals surface area contributed by atoms with E-state index < -0.39 is 12.1 Å². The molecule has 0 saturated carbocycles. The first-order valence-corrected chi connectivity index (χ1v) is 7.99. The minimum absolute atomic E-state index is 0.103. The lowest BCUT2D eigenvalue weighted by molar-refractivity contribution is -0.199.